The van der Waals surface area contributed by atoms with Crippen LogP contribution in [0.15, 0.2) is 18.2 Å². The molecule has 1 saturated carbocycles. The van der Waals surface area contributed by atoms with Crippen LogP contribution >= 0.6 is 0 Å². The third kappa shape index (κ3) is 3.31. The van der Waals surface area contributed by atoms with Gasteiger partial charge >= 0.3 is 0 Å². The van der Waals surface area contributed by atoms with Gasteiger partial charge in [-0.25, -0.2) is 0 Å². The number of amides is 1. The van der Waals surface area contributed by atoms with Gasteiger partial charge in [0.2, 0.25) is 0 Å². The predicted molar refractivity (Wildman–Crippen MR) is 83.1 cm³/mol. The molecule has 2 rings (SSSR count). The van der Waals surface area contributed by atoms with Crippen molar-refractivity contribution in [2.45, 2.75) is 38.6 Å². The van der Waals surface area contributed by atoms with Crippen molar-refractivity contribution in [3.63, 3.8) is 0 Å². The molecular formula is C17H25NO3. The Morgan fingerprint density at radius 1 is 1.14 bits per heavy atom. The van der Waals surface area contributed by atoms with Crippen molar-refractivity contribution in [3.8, 4) is 11.5 Å². The largest absolute Gasteiger partial charge is 0.493 e. The zero-order valence-corrected chi connectivity index (χ0v) is 13.4. The van der Waals surface area contributed by atoms with Crippen molar-refractivity contribution in [3.05, 3.63) is 23.8 Å². The lowest BCUT2D eigenvalue weighted by Gasteiger charge is -2.34. The summed E-state index contributed by atoms with van der Waals surface area (Å²) in [5.74, 6) is 1.89. The van der Waals surface area contributed by atoms with E-state index < -0.39 is 0 Å². The third-order valence-corrected chi connectivity index (χ3v) is 4.49. The summed E-state index contributed by atoms with van der Waals surface area (Å²) in [6.07, 6.45) is 4.54. The van der Waals surface area contributed by atoms with Crippen LogP contribution in [0.4, 0.5) is 0 Å². The van der Waals surface area contributed by atoms with Crippen LogP contribution in [-0.2, 0) is 0 Å². The van der Waals surface area contributed by atoms with Gasteiger partial charge in [0.05, 0.1) is 19.8 Å². The van der Waals surface area contributed by atoms with Gasteiger partial charge < -0.3 is 14.4 Å². The van der Waals surface area contributed by atoms with Crippen molar-refractivity contribution in [1.82, 2.24) is 4.90 Å². The summed E-state index contributed by atoms with van der Waals surface area (Å²) in [7, 11) is 5.04. The number of hydrogen-bond donors (Lipinski definition) is 0. The quantitative estimate of drug-likeness (QED) is 0.854. The average molecular weight is 291 g/mol. The Balaban J connectivity index is 2.19. The average Bonchev–Trinajstić information content (AvgIpc) is 2.53. The highest BCUT2D eigenvalue weighted by Gasteiger charge is 2.27. The summed E-state index contributed by atoms with van der Waals surface area (Å²) in [6.45, 7) is 2.28. The minimum atomic E-state index is 0.00491. The van der Waals surface area contributed by atoms with E-state index in [9.17, 15) is 4.79 Å². The molecule has 1 aromatic carbocycles. The Labute approximate surface area is 127 Å². The molecule has 0 aromatic heterocycles. The molecule has 1 aromatic rings. The number of hydrogen-bond acceptors (Lipinski definition) is 3. The van der Waals surface area contributed by atoms with E-state index in [2.05, 4.69) is 6.92 Å². The highest BCUT2D eigenvalue weighted by molar-refractivity contribution is 5.97. The molecule has 0 spiro atoms. The number of nitrogens with zero attached hydrogens (tertiary/aromatic N) is 1. The van der Waals surface area contributed by atoms with Crippen LogP contribution in [0, 0.1) is 5.92 Å². The summed E-state index contributed by atoms with van der Waals surface area (Å²) in [5, 5.41) is 0. The second-order valence-corrected chi connectivity index (χ2v) is 5.87. The molecule has 1 aliphatic rings. The minimum Gasteiger partial charge on any atom is -0.493 e. The third-order valence-electron chi connectivity index (χ3n) is 4.49. The smallest absolute Gasteiger partial charge is 0.257 e. The van der Waals surface area contributed by atoms with Gasteiger partial charge in [-0.3, -0.25) is 4.79 Å². The van der Waals surface area contributed by atoms with Crippen LogP contribution < -0.4 is 9.47 Å². The van der Waals surface area contributed by atoms with E-state index >= 15 is 0 Å². The van der Waals surface area contributed by atoms with Crippen LogP contribution in [0.3, 0.4) is 0 Å². The molecule has 0 bridgehead atoms. The molecule has 0 heterocycles. The van der Waals surface area contributed by atoms with Gasteiger partial charge in [-0.05, 0) is 43.7 Å². The van der Waals surface area contributed by atoms with Crippen molar-refractivity contribution in [2.75, 3.05) is 21.3 Å². The van der Waals surface area contributed by atoms with Crippen molar-refractivity contribution in [1.29, 1.82) is 0 Å². The highest BCUT2D eigenvalue weighted by Crippen LogP contribution is 2.33. The monoisotopic (exact) mass is 291 g/mol. The van der Waals surface area contributed by atoms with Crippen LogP contribution in [-0.4, -0.2) is 38.1 Å². The summed E-state index contributed by atoms with van der Waals surface area (Å²) >= 11 is 0. The number of benzene rings is 1. The first kappa shape index (κ1) is 15.7. The molecule has 1 aliphatic carbocycles. The van der Waals surface area contributed by atoms with Crippen molar-refractivity contribution in [2.24, 2.45) is 5.92 Å². The lowest BCUT2D eigenvalue weighted by molar-refractivity contribution is 0.0675. The SMILES string of the molecule is COc1cccc(C(=O)N(C)C2CCC(C)CC2)c1OC. The number of carbonyl (C=O) groups excluding carboxylic acids is 1. The van der Waals surface area contributed by atoms with Crippen molar-refractivity contribution < 1.29 is 14.3 Å². The minimum absolute atomic E-state index is 0.00491. The Hall–Kier alpha value is -1.71. The topological polar surface area (TPSA) is 38.8 Å². The lowest BCUT2D eigenvalue weighted by atomic mass is 9.86. The van der Waals surface area contributed by atoms with Crippen LogP contribution in [0.1, 0.15) is 43.0 Å². The molecule has 0 atom stereocenters. The molecule has 116 valence electrons. The zero-order chi connectivity index (χ0) is 15.4. The van der Waals surface area contributed by atoms with Gasteiger partial charge in [0.1, 0.15) is 0 Å². The van der Waals surface area contributed by atoms with E-state index in [0.29, 0.717) is 23.1 Å². The van der Waals surface area contributed by atoms with Gasteiger partial charge in [0.15, 0.2) is 11.5 Å². The molecule has 0 saturated heterocycles. The molecule has 0 radical (unpaired) electrons. The fraction of sp³-hybridized carbons (Fsp3) is 0.588. The van der Waals surface area contributed by atoms with Crippen LogP contribution in [0.25, 0.3) is 0 Å². The van der Waals surface area contributed by atoms with Gasteiger partial charge in [0, 0.05) is 13.1 Å². The van der Waals surface area contributed by atoms with Crippen LogP contribution in [0.2, 0.25) is 0 Å². The summed E-state index contributed by atoms with van der Waals surface area (Å²) in [4.78, 5) is 14.6. The van der Waals surface area contributed by atoms with E-state index in [1.54, 1.807) is 26.4 Å². The number of para-hydroxylation sites is 1. The molecule has 0 aliphatic heterocycles. The first-order valence-electron chi connectivity index (χ1n) is 7.56. The van der Waals surface area contributed by atoms with Crippen molar-refractivity contribution >= 4 is 5.91 Å². The maximum atomic E-state index is 12.8. The van der Waals surface area contributed by atoms with E-state index in [1.807, 2.05) is 18.0 Å². The van der Waals surface area contributed by atoms with Gasteiger partial charge in [-0.1, -0.05) is 13.0 Å². The molecule has 1 fully saturated rings. The molecular weight excluding hydrogens is 266 g/mol. The molecule has 0 unspecified atom stereocenters. The maximum Gasteiger partial charge on any atom is 0.257 e. The molecule has 0 N–H and O–H groups in total. The molecule has 21 heavy (non-hydrogen) atoms. The summed E-state index contributed by atoms with van der Waals surface area (Å²) in [5.41, 5.74) is 0.568. The van der Waals surface area contributed by atoms with E-state index in [1.165, 1.54) is 12.8 Å². The highest BCUT2D eigenvalue weighted by atomic mass is 16.5. The Morgan fingerprint density at radius 3 is 2.38 bits per heavy atom. The molecule has 1 amide bonds. The standard InChI is InChI=1S/C17H25NO3/c1-12-8-10-13(11-9-12)18(2)17(19)14-6-5-7-15(20-3)16(14)21-4/h5-7,12-13H,8-11H2,1-4H3. The zero-order valence-electron chi connectivity index (χ0n) is 13.4. The fourth-order valence-corrected chi connectivity index (χ4v) is 3.04. The first-order chi connectivity index (χ1) is 10.1. The molecule has 4 nitrogen and oxygen atoms in total. The summed E-state index contributed by atoms with van der Waals surface area (Å²) in [6, 6.07) is 5.75. The number of methoxy groups -OCH3 is 2. The normalized spacial score (nSPS) is 21.7. The second-order valence-electron chi connectivity index (χ2n) is 5.87. The van der Waals surface area contributed by atoms with Crippen LogP contribution in [0.5, 0.6) is 11.5 Å². The molecule has 4 heteroatoms. The Kier molecular flexibility index (Phi) is 5.10. The number of ether oxygens (including phenoxy) is 2. The second kappa shape index (κ2) is 6.83. The fourth-order valence-electron chi connectivity index (χ4n) is 3.04. The van der Waals surface area contributed by atoms with E-state index in [0.717, 1.165) is 18.8 Å². The predicted octanol–water partition coefficient (Wildman–Crippen LogP) is 3.35. The first-order valence-corrected chi connectivity index (χ1v) is 7.56. The van der Waals surface area contributed by atoms with Gasteiger partial charge in [-0.2, -0.15) is 0 Å². The van der Waals surface area contributed by atoms with Gasteiger partial charge in [-0.15, -0.1) is 0 Å². The lowest BCUT2D eigenvalue weighted by Crippen LogP contribution is -2.39. The van der Waals surface area contributed by atoms with E-state index in [4.69, 9.17) is 9.47 Å². The summed E-state index contributed by atoms with van der Waals surface area (Å²) < 4.78 is 10.6. The Bertz CT molecular complexity index is 493. The Morgan fingerprint density at radius 2 is 1.81 bits per heavy atom. The number of carbonyl (C=O) groups is 1. The van der Waals surface area contributed by atoms with E-state index in [-0.39, 0.29) is 5.91 Å². The maximum absolute atomic E-state index is 12.8. The number of rotatable bonds is 4. The van der Waals surface area contributed by atoms with Gasteiger partial charge in [0.25, 0.3) is 5.91 Å².